The maximum atomic E-state index is 13.7. The highest BCUT2D eigenvalue weighted by molar-refractivity contribution is 6.23. The number of amides is 2. The molecular formula is C31H41N3O9. The molecule has 12 heteroatoms. The third kappa shape index (κ3) is 7.15. The highest BCUT2D eigenvalue weighted by Crippen LogP contribution is 2.35. The summed E-state index contributed by atoms with van der Waals surface area (Å²) in [5, 5.41) is 13.7. The number of aliphatic hydroxyl groups excluding tert-OH is 1. The van der Waals surface area contributed by atoms with Crippen LogP contribution in [0, 0.1) is 11.8 Å². The quantitative estimate of drug-likeness (QED) is 0.320. The van der Waals surface area contributed by atoms with Crippen molar-refractivity contribution in [1.82, 2.24) is 10.2 Å². The summed E-state index contributed by atoms with van der Waals surface area (Å²) in [6.07, 6.45) is 3.53. The lowest BCUT2D eigenvalue weighted by Gasteiger charge is -2.40. The molecule has 43 heavy (non-hydrogen) atoms. The fourth-order valence-electron chi connectivity index (χ4n) is 5.90. The number of nitrogens with zero attached hydrogens (tertiary/aromatic N) is 1. The minimum atomic E-state index is -1.46. The molecule has 0 spiro atoms. The number of hydrogen-bond donors (Lipinski definition) is 3. The summed E-state index contributed by atoms with van der Waals surface area (Å²) in [5.41, 5.74) is 6.53. The normalized spacial score (nSPS) is 34.5. The molecule has 4 bridgehead atoms. The van der Waals surface area contributed by atoms with Crippen LogP contribution in [0.15, 0.2) is 58.5 Å². The number of primary amides is 1. The smallest absolute Gasteiger partial charge is 0.405 e. The van der Waals surface area contributed by atoms with Crippen LogP contribution in [-0.4, -0.2) is 91.6 Å². The second kappa shape index (κ2) is 13.8. The number of likely N-dealkylation sites (tertiary alicyclic amines) is 1. The Hall–Kier alpha value is -3.58. The lowest BCUT2D eigenvalue weighted by Crippen LogP contribution is -2.47. The predicted molar refractivity (Wildman–Crippen MR) is 155 cm³/mol. The molecule has 12 nitrogen and oxygen atoms in total. The molecule has 4 N–H and O–H groups in total. The van der Waals surface area contributed by atoms with Crippen LogP contribution < -0.4 is 11.1 Å². The van der Waals surface area contributed by atoms with Crippen molar-refractivity contribution in [3.63, 3.8) is 0 Å². The zero-order chi connectivity index (χ0) is 31.4. The molecule has 2 amide bonds. The number of nitrogens with one attached hydrogen (secondary N) is 1. The van der Waals surface area contributed by atoms with E-state index in [1.54, 1.807) is 20.1 Å². The van der Waals surface area contributed by atoms with E-state index >= 15 is 0 Å². The molecule has 5 rings (SSSR count). The van der Waals surface area contributed by atoms with Crippen LogP contribution in [0.25, 0.3) is 0 Å². The standard InChI is InChI=1S/C31H41N3O9/c1-16-12-19-25(34-10-7-11-34)22(35)15-21(26(19)36)33-29(37)17(2)8-6-9-23(40-4)28(43-31(32)39)20-14-18(3)27(42-30(20)38)24(13-16)41-5/h6,8-9,14-16,18,23-24,27-28,30,38H,7,10-13H2,1-5H3,(H2,32,39)(H,33,37)/b9-6-,17-8+. The Labute approximate surface area is 251 Å². The Morgan fingerprint density at radius 3 is 2.49 bits per heavy atom. The summed E-state index contributed by atoms with van der Waals surface area (Å²) in [5.74, 6) is -1.70. The van der Waals surface area contributed by atoms with E-state index in [4.69, 9.17) is 24.7 Å². The van der Waals surface area contributed by atoms with Gasteiger partial charge in [-0.3, -0.25) is 14.4 Å². The van der Waals surface area contributed by atoms with Gasteiger partial charge in [-0.1, -0.05) is 38.2 Å². The molecule has 7 atom stereocenters. The summed E-state index contributed by atoms with van der Waals surface area (Å²) >= 11 is 0. The Bertz CT molecular complexity index is 1290. The van der Waals surface area contributed by atoms with Crippen molar-refractivity contribution in [2.75, 3.05) is 27.3 Å². The SMILES string of the molecule is COC1/C=C\C=C(/C)C(=O)NC2=CC(=O)C(N3CCC3)=C(CC(C)CC(OC)C3OC(O)C(=CC3C)C1OC(N)=O)C2=O. The Kier molecular flexibility index (Phi) is 10.4. The average molecular weight is 600 g/mol. The minimum absolute atomic E-state index is 0.0752. The first-order valence-corrected chi connectivity index (χ1v) is 14.5. The summed E-state index contributed by atoms with van der Waals surface area (Å²) in [6, 6.07) is 0. The molecule has 5 aliphatic rings. The second-order valence-corrected chi connectivity index (χ2v) is 11.5. The molecule has 234 valence electrons. The lowest BCUT2D eigenvalue weighted by atomic mass is 9.83. The molecule has 7 unspecified atom stereocenters. The Morgan fingerprint density at radius 1 is 1.16 bits per heavy atom. The van der Waals surface area contributed by atoms with Crippen molar-refractivity contribution in [3.05, 3.63) is 58.5 Å². The third-order valence-corrected chi connectivity index (χ3v) is 8.28. The maximum Gasteiger partial charge on any atom is 0.405 e. The zero-order valence-electron chi connectivity index (χ0n) is 25.2. The first-order valence-electron chi connectivity index (χ1n) is 14.5. The van der Waals surface area contributed by atoms with E-state index < -0.39 is 48.5 Å². The molecule has 0 aromatic rings. The van der Waals surface area contributed by atoms with Crippen molar-refractivity contribution in [3.8, 4) is 0 Å². The number of fused-ring (bicyclic) bond motifs is 10. The fourth-order valence-corrected chi connectivity index (χ4v) is 5.90. The van der Waals surface area contributed by atoms with Crippen molar-refractivity contribution >= 4 is 23.6 Å². The largest absolute Gasteiger partial charge is 0.439 e. The monoisotopic (exact) mass is 599 g/mol. The second-order valence-electron chi connectivity index (χ2n) is 11.5. The summed E-state index contributed by atoms with van der Waals surface area (Å²) < 4.78 is 22.8. The van der Waals surface area contributed by atoms with Gasteiger partial charge in [0.25, 0.3) is 5.91 Å². The summed E-state index contributed by atoms with van der Waals surface area (Å²) in [6.45, 7) is 6.75. The first-order chi connectivity index (χ1) is 20.4. The number of Topliss-reactive ketones (excluding diaryl/α,β-unsaturated/α-hetero) is 1. The molecule has 0 aromatic heterocycles. The van der Waals surface area contributed by atoms with Crippen LogP contribution in [-0.2, 0) is 33.3 Å². The van der Waals surface area contributed by atoms with Crippen LogP contribution in [0.1, 0.15) is 40.0 Å². The molecule has 4 aliphatic heterocycles. The first kappa shape index (κ1) is 32.3. The van der Waals surface area contributed by atoms with E-state index in [1.165, 1.54) is 31.4 Å². The molecule has 0 saturated carbocycles. The van der Waals surface area contributed by atoms with E-state index in [0.717, 1.165) is 6.42 Å². The van der Waals surface area contributed by atoms with E-state index in [1.807, 2.05) is 18.7 Å². The van der Waals surface area contributed by atoms with Crippen LogP contribution >= 0.6 is 0 Å². The van der Waals surface area contributed by atoms with Gasteiger partial charge in [-0.05, 0) is 32.1 Å². The van der Waals surface area contributed by atoms with Gasteiger partial charge in [0.15, 0.2) is 12.4 Å². The number of ether oxygens (including phenoxy) is 4. The molecule has 4 heterocycles. The minimum Gasteiger partial charge on any atom is -0.439 e. The number of allylic oxidation sites excluding steroid dienone is 4. The molecule has 0 aromatic carbocycles. The number of methoxy groups -OCH3 is 2. The van der Waals surface area contributed by atoms with Gasteiger partial charge in [-0.25, -0.2) is 4.79 Å². The Balaban J connectivity index is 1.77. The molecular weight excluding hydrogens is 558 g/mol. The highest BCUT2D eigenvalue weighted by Gasteiger charge is 2.41. The number of aliphatic hydroxyl groups is 1. The molecule has 1 aliphatic carbocycles. The summed E-state index contributed by atoms with van der Waals surface area (Å²) in [4.78, 5) is 53.8. The van der Waals surface area contributed by atoms with E-state index in [9.17, 15) is 24.3 Å². The number of nitrogens with two attached hydrogens (primary N) is 1. The number of hydrogen-bond acceptors (Lipinski definition) is 10. The van der Waals surface area contributed by atoms with Crippen molar-refractivity contribution in [2.24, 2.45) is 17.6 Å². The molecule has 1 saturated heterocycles. The van der Waals surface area contributed by atoms with E-state index in [-0.39, 0.29) is 40.9 Å². The maximum absolute atomic E-state index is 13.7. The van der Waals surface area contributed by atoms with Gasteiger partial charge in [-0.2, -0.15) is 0 Å². The fraction of sp³-hybridized carbons (Fsp3) is 0.548. The van der Waals surface area contributed by atoms with E-state index in [2.05, 4.69) is 5.32 Å². The van der Waals surface area contributed by atoms with Crippen molar-refractivity contribution in [1.29, 1.82) is 0 Å². The molecule has 0 radical (unpaired) electrons. The van der Waals surface area contributed by atoms with Gasteiger partial charge in [-0.15, -0.1) is 0 Å². The van der Waals surface area contributed by atoms with Crippen LogP contribution in [0.4, 0.5) is 4.79 Å². The van der Waals surface area contributed by atoms with Gasteiger partial charge in [0, 0.05) is 56.0 Å². The Morgan fingerprint density at radius 2 is 1.88 bits per heavy atom. The van der Waals surface area contributed by atoms with Gasteiger partial charge < -0.3 is 40.0 Å². The molecule has 1 fully saturated rings. The average Bonchev–Trinajstić information content (AvgIpc) is 2.92. The summed E-state index contributed by atoms with van der Waals surface area (Å²) in [7, 11) is 2.94. The van der Waals surface area contributed by atoms with Gasteiger partial charge in [0.1, 0.15) is 6.10 Å². The van der Waals surface area contributed by atoms with Gasteiger partial charge in [0.05, 0.1) is 23.6 Å². The predicted octanol–water partition coefficient (Wildman–Crippen LogP) is 1.80. The van der Waals surface area contributed by atoms with Gasteiger partial charge >= 0.3 is 6.09 Å². The topological polar surface area (TPSA) is 167 Å². The number of rotatable bonds is 4. The van der Waals surface area contributed by atoms with Crippen LogP contribution in [0.5, 0.6) is 0 Å². The lowest BCUT2D eigenvalue weighted by molar-refractivity contribution is -0.182. The number of ketones is 2. The third-order valence-electron chi connectivity index (χ3n) is 8.28. The van der Waals surface area contributed by atoms with Crippen molar-refractivity contribution < 1.29 is 43.2 Å². The highest BCUT2D eigenvalue weighted by atomic mass is 16.6. The van der Waals surface area contributed by atoms with Crippen LogP contribution in [0.2, 0.25) is 0 Å². The number of carbonyl (C=O) groups excluding carboxylic acids is 4. The van der Waals surface area contributed by atoms with Gasteiger partial charge in [0.2, 0.25) is 11.6 Å². The zero-order valence-corrected chi connectivity index (χ0v) is 25.2. The number of carbonyl (C=O) groups is 4. The van der Waals surface area contributed by atoms with Crippen LogP contribution in [0.3, 0.4) is 0 Å². The van der Waals surface area contributed by atoms with E-state index in [0.29, 0.717) is 30.8 Å². The van der Waals surface area contributed by atoms with Crippen molar-refractivity contribution in [2.45, 2.75) is 70.7 Å².